The summed E-state index contributed by atoms with van der Waals surface area (Å²) in [6, 6.07) is 7.38. The summed E-state index contributed by atoms with van der Waals surface area (Å²) < 4.78 is 0. The van der Waals surface area contributed by atoms with Crippen LogP contribution in [0.1, 0.15) is 67.6 Å². The topological polar surface area (TPSA) is 40.7 Å². The number of imidazole rings is 1. The van der Waals surface area contributed by atoms with Crippen LogP contribution < -0.4 is 5.32 Å². The highest BCUT2D eigenvalue weighted by Gasteiger charge is 2.40. The number of H-pyrrole nitrogens is 1. The molecule has 110 valence electrons. The van der Waals surface area contributed by atoms with E-state index < -0.39 is 0 Å². The molecular formula is C18H23N3. The lowest BCUT2D eigenvalue weighted by atomic mass is 9.69. The van der Waals surface area contributed by atoms with Gasteiger partial charge in [-0.05, 0) is 47.3 Å². The first-order valence-electron chi connectivity index (χ1n) is 8.00. The van der Waals surface area contributed by atoms with Crippen molar-refractivity contribution in [3.63, 3.8) is 0 Å². The number of aromatic nitrogens is 2. The van der Waals surface area contributed by atoms with Gasteiger partial charge in [0.2, 0.25) is 0 Å². The molecule has 21 heavy (non-hydrogen) atoms. The quantitative estimate of drug-likeness (QED) is 0.898. The van der Waals surface area contributed by atoms with Crippen molar-refractivity contribution < 1.29 is 0 Å². The molecule has 2 N–H and O–H groups in total. The Hall–Kier alpha value is -1.61. The Balaban J connectivity index is 1.63. The monoisotopic (exact) mass is 281 g/mol. The number of hydrogen-bond acceptors (Lipinski definition) is 2. The fourth-order valence-corrected chi connectivity index (χ4v) is 4.20. The summed E-state index contributed by atoms with van der Waals surface area (Å²) in [5.41, 5.74) is 5.08. The van der Waals surface area contributed by atoms with E-state index >= 15 is 0 Å². The summed E-state index contributed by atoms with van der Waals surface area (Å²) in [5.74, 6) is 1.77. The highest BCUT2D eigenvalue weighted by Crippen LogP contribution is 2.52. The SMILES string of the molecule is CC1(C)CC[C@H]2C[C@H](NCc3ncc[nH]3)c3cccc1c32. The zero-order valence-electron chi connectivity index (χ0n) is 12.8. The molecule has 0 unspecified atom stereocenters. The lowest BCUT2D eigenvalue weighted by Gasteiger charge is -2.35. The van der Waals surface area contributed by atoms with Gasteiger partial charge in [0.1, 0.15) is 5.82 Å². The minimum absolute atomic E-state index is 0.331. The summed E-state index contributed by atoms with van der Waals surface area (Å²) >= 11 is 0. The van der Waals surface area contributed by atoms with Gasteiger partial charge in [-0.2, -0.15) is 0 Å². The Kier molecular flexibility index (Phi) is 2.93. The predicted octanol–water partition coefficient (Wildman–Crippen LogP) is 3.80. The van der Waals surface area contributed by atoms with Gasteiger partial charge in [-0.25, -0.2) is 4.98 Å². The van der Waals surface area contributed by atoms with Crippen LogP contribution in [0.2, 0.25) is 0 Å². The molecule has 2 aromatic rings. The van der Waals surface area contributed by atoms with Gasteiger partial charge in [0.15, 0.2) is 0 Å². The fraction of sp³-hybridized carbons (Fsp3) is 0.500. The molecule has 0 bridgehead atoms. The van der Waals surface area contributed by atoms with Crippen LogP contribution in [0.3, 0.4) is 0 Å². The van der Waals surface area contributed by atoms with Gasteiger partial charge in [0.05, 0.1) is 6.54 Å². The van der Waals surface area contributed by atoms with Crippen molar-refractivity contribution in [3.8, 4) is 0 Å². The van der Waals surface area contributed by atoms with Gasteiger partial charge >= 0.3 is 0 Å². The van der Waals surface area contributed by atoms with E-state index in [4.69, 9.17) is 0 Å². The maximum Gasteiger partial charge on any atom is 0.120 e. The van der Waals surface area contributed by atoms with Crippen LogP contribution in [0.5, 0.6) is 0 Å². The molecule has 0 spiro atoms. The maximum absolute atomic E-state index is 4.31. The molecule has 2 aliphatic rings. The highest BCUT2D eigenvalue weighted by molar-refractivity contribution is 5.48. The normalized spacial score (nSPS) is 25.8. The second kappa shape index (κ2) is 4.70. The molecule has 0 saturated heterocycles. The van der Waals surface area contributed by atoms with Crippen LogP contribution in [0.15, 0.2) is 30.6 Å². The first-order valence-corrected chi connectivity index (χ1v) is 8.00. The van der Waals surface area contributed by atoms with Crippen molar-refractivity contribution in [2.24, 2.45) is 0 Å². The van der Waals surface area contributed by atoms with E-state index in [1.165, 1.54) is 24.8 Å². The fourth-order valence-electron chi connectivity index (χ4n) is 4.20. The predicted molar refractivity (Wildman–Crippen MR) is 84.2 cm³/mol. The third-order valence-electron chi connectivity index (χ3n) is 5.36. The third kappa shape index (κ3) is 2.11. The molecule has 0 radical (unpaired) electrons. The van der Waals surface area contributed by atoms with Crippen molar-refractivity contribution in [1.82, 2.24) is 15.3 Å². The molecular weight excluding hydrogens is 258 g/mol. The van der Waals surface area contributed by atoms with Crippen molar-refractivity contribution >= 4 is 0 Å². The third-order valence-corrected chi connectivity index (χ3v) is 5.36. The van der Waals surface area contributed by atoms with Gasteiger partial charge in [-0.1, -0.05) is 32.0 Å². The van der Waals surface area contributed by atoms with Crippen molar-refractivity contribution in [3.05, 3.63) is 53.1 Å². The molecule has 0 saturated carbocycles. The van der Waals surface area contributed by atoms with Crippen molar-refractivity contribution in [2.75, 3.05) is 0 Å². The standard InChI is InChI=1S/C18H23N3/c1-18(2)7-6-12-10-15(21-11-16-19-8-9-20-16)13-4-3-5-14(18)17(12)13/h3-5,8-9,12,15,21H,6-7,10-11H2,1-2H3,(H,19,20)/t12-,15-/m0/s1. The van der Waals surface area contributed by atoms with Crippen LogP contribution in [0.25, 0.3) is 0 Å². The molecule has 0 aliphatic heterocycles. The van der Waals surface area contributed by atoms with Crippen LogP contribution >= 0.6 is 0 Å². The largest absolute Gasteiger partial charge is 0.348 e. The van der Waals surface area contributed by atoms with Crippen molar-refractivity contribution in [2.45, 2.75) is 57.0 Å². The van der Waals surface area contributed by atoms with Gasteiger partial charge in [-0.3, -0.25) is 0 Å². The maximum atomic E-state index is 4.31. The minimum atomic E-state index is 0.331. The van der Waals surface area contributed by atoms with Gasteiger partial charge in [0, 0.05) is 18.4 Å². The number of nitrogens with zero attached hydrogens (tertiary/aromatic N) is 1. The zero-order valence-corrected chi connectivity index (χ0v) is 12.8. The summed E-state index contributed by atoms with van der Waals surface area (Å²) in [6.07, 6.45) is 7.58. The van der Waals surface area contributed by atoms with E-state index in [1.54, 1.807) is 11.1 Å². The molecule has 1 aromatic heterocycles. The first kappa shape index (κ1) is 13.1. The molecule has 3 heteroatoms. The summed E-state index contributed by atoms with van der Waals surface area (Å²) in [7, 11) is 0. The summed E-state index contributed by atoms with van der Waals surface area (Å²) in [6.45, 7) is 5.60. The molecule has 2 aliphatic carbocycles. The van der Waals surface area contributed by atoms with E-state index in [9.17, 15) is 0 Å². The number of rotatable bonds is 3. The van der Waals surface area contributed by atoms with E-state index in [1.807, 2.05) is 12.4 Å². The number of hydrogen-bond donors (Lipinski definition) is 2. The Bertz CT molecular complexity index is 642. The molecule has 4 rings (SSSR count). The van der Waals surface area contributed by atoms with E-state index in [0.717, 1.165) is 18.3 Å². The minimum Gasteiger partial charge on any atom is -0.348 e. The summed E-state index contributed by atoms with van der Waals surface area (Å²) in [4.78, 5) is 7.48. The average Bonchev–Trinajstić information content (AvgIpc) is 3.10. The Morgan fingerprint density at radius 1 is 1.38 bits per heavy atom. The Morgan fingerprint density at radius 2 is 2.29 bits per heavy atom. The zero-order chi connectivity index (χ0) is 14.4. The number of benzene rings is 1. The van der Waals surface area contributed by atoms with E-state index in [2.05, 4.69) is 47.3 Å². The lowest BCUT2D eigenvalue weighted by molar-refractivity contribution is 0.380. The number of aromatic amines is 1. The van der Waals surface area contributed by atoms with E-state index in [0.29, 0.717) is 11.5 Å². The molecule has 1 heterocycles. The highest BCUT2D eigenvalue weighted by atomic mass is 15.0. The lowest BCUT2D eigenvalue weighted by Crippen LogP contribution is -2.25. The smallest absolute Gasteiger partial charge is 0.120 e. The van der Waals surface area contributed by atoms with Crippen LogP contribution in [-0.4, -0.2) is 9.97 Å². The molecule has 3 nitrogen and oxygen atoms in total. The van der Waals surface area contributed by atoms with Crippen LogP contribution in [0.4, 0.5) is 0 Å². The van der Waals surface area contributed by atoms with Crippen LogP contribution in [0, 0.1) is 0 Å². The van der Waals surface area contributed by atoms with Gasteiger partial charge in [0.25, 0.3) is 0 Å². The van der Waals surface area contributed by atoms with Crippen LogP contribution in [-0.2, 0) is 12.0 Å². The Morgan fingerprint density at radius 3 is 3.10 bits per heavy atom. The first-order chi connectivity index (χ1) is 10.1. The van der Waals surface area contributed by atoms with Gasteiger partial charge < -0.3 is 10.3 Å². The average molecular weight is 281 g/mol. The van der Waals surface area contributed by atoms with Gasteiger partial charge in [-0.15, -0.1) is 0 Å². The molecule has 2 atom stereocenters. The second-order valence-corrected chi connectivity index (χ2v) is 7.13. The molecule has 1 aromatic carbocycles. The second-order valence-electron chi connectivity index (χ2n) is 7.13. The van der Waals surface area contributed by atoms with E-state index in [-0.39, 0.29) is 0 Å². The summed E-state index contributed by atoms with van der Waals surface area (Å²) in [5, 5.41) is 3.69. The molecule has 0 amide bonds. The molecule has 0 fully saturated rings. The Labute approximate surface area is 126 Å². The number of nitrogens with one attached hydrogen (secondary N) is 2. The van der Waals surface area contributed by atoms with Crippen molar-refractivity contribution in [1.29, 1.82) is 0 Å².